The Morgan fingerprint density at radius 3 is 2.60 bits per heavy atom. The molecule has 0 aromatic heterocycles. The molecule has 0 radical (unpaired) electrons. The first-order valence-electron chi connectivity index (χ1n) is 10.2. The average molecular weight is 427 g/mol. The molecule has 2 saturated heterocycles. The third-order valence-electron chi connectivity index (χ3n) is 5.46. The molecule has 0 aliphatic carbocycles. The van der Waals surface area contributed by atoms with E-state index in [2.05, 4.69) is 10.6 Å². The fourth-order valence-electron chi connectivity index (χ4n) is 4.12. The number of ether oxygens (including phenoxy) is 1. The van der Waals surface area contributed by atoms with Crippen LogP contribution in [0.2, 0.25) is 0 Å². The molecule has 0 bridgehead atoms. The number of amides is 2. The zero-order valence-corrected chi connectivity index (χ0v) is 17.4. The van der Waals surface area contributed by atoms with Crippen LogP contribution >= 0.6 is 0 Å². The van der Waals surface area contributed by atoms with Crippen LogP contribution in [0.5, 0.6) is 0 Å². The molecule has 0 saturated carbocycles. The first-order valence-corrected chi connectivity index (χ1v) is 10.2. The number of alkyl carbamates (subject to hydrolysis) is 1. The second-order valence-electron chi connectivity index (χ2n) is 8.97. The maximum atomic E-state index is 14.2. The summed E-state index contributed by atoms with van der Waals surface area (Å²) in [6.07, 6.45) is -0.120. The lowest BCUT2D eigenvalue weighted by Crippen LogP contribution is -2.46. The Labute approximate surface area is 174 Å². The Balaban J connectivity index is 1.74. The number of halogens is 3. The third kappa shape index (κ3) is 5.44. The largest absolute Gasteiger partial charge is 0.444 e. The highest BCUT2D eigenvalue weighted by Crippen LogP contribution is 2.28. The van der Waals surface area contributed by atoms with Crippen molar-refractivity contribution in [2.24, 2.45) is 5.92 Å². The Hall–Kier alpha value is -2.29. The van der Waals surface area contributed by atoms with Crippen molar-refractivity contribution in [3.63, 3.8) is 0 Å². The lowest BCUT2D eigenvalue weighted by molar-refractivity contribution is -0.132. The molecule has 30 heavy (non-hydrogen) atoms. The number of fused-ring (bicyclic) bond motifs is 1. The molecule has 2 aliphatic heterocycles. The van der Waals surface area contributed by atoms with Crippen LogP contribution in [0, 0.1) is 23.4 Å². The van der Waals surface area contributed by atoms with Gasteiger partial charge >= 0.3 is 6.09 Å². The number of nitrogens with zero attached hydrogens (tertiary/aromatic N) is 1. The Morgan fingerprint density at radius 2 is 1.90 bits per heavy atom. The van der Waals surface area contributed by atoms with Gasteiger partial charge in [0.05, 0.1) is 0 Å². The fourth-order valence-corrected chi connectivity index (χ4v) is 4.12. The van der Waals surface area contributed by atoms with E-state index in [9.17, 15) is 22.8 Å². The molecular weight excluding hydrogens is 399 g/mol. The quantitative estimate of drug-likeness (QED) is 0.709. The third-order valence-corrected chi connectivity index (χ3v) is 5.46. The van der Waals surface area contributed by atoms with E-state index in [1.807, 2.05) is 0 Å². The molecule has 0 spiro atoms. The zero-order valence-electron chi connectivity index (χ0n) is 17.4. The average Bonchev–Trinajstić information content (AvgIpc) is 3.21. The molecule has 1 aromatic carbocycles. The van der Waals surface area contributed by atoms with Crippen molar-refractivity contribution in [1.82, 2.24) is 15.5 Å². The van der Waals surface area contributed by atoms with Crippen molar-refractivity contribution in [2.75, 3.05) is 19.6 Å². The predicted molar refractivity (Wildman–Crippen MR) is 104 cm³/mol. The van der Waals surface area contributed by atoms with Gasteiger partial charge in [-0.1, -0.05) is 0 Å². The molecule has 2 fully saturated rings. The van der Waals surface area contributed by atoms with E-state index in [0.29, 0.717) is 18.5 Å². The van der Waals surface area contributed by atoms with Crippen LogP contribution in [0.3, 0.4) is 0 Å². The summed E-state index contributed by atoms with van der Waals surface area (Å²) in [4.78, 5) is 27.0. The van der Waals surface area contributed by atoms with Gasteiger partial charge in [-0.2, -0.15) is 0 Å². The maximum absolute atomic E-state index is 14.2. The molecule has 2 aliphatic rings. The Morgan fingerprint density at radius 1 is 1.20 bits per heavy atom. The van der Waals surface area contributed by atoms with Crippen molar-refractivity contribution in [2.45, 2.75) is 57.7 Å². The minimum absolute atomic E-state index is 0.0963. The summed E-state index contributed by atoms with van der Waals surface area (Å²) >= 11 is 0. The molecule has 6 nitrogen and oxygen atoms in total. The molecule has 2 amide bonds. The normalized spacial score (nSPS) is 22.0. The Kier molecular flexibility index (Phi) is 6.59. The number of likely N-dealkylation sites (tertiary alicyclic amines) is 1. The van der Waals surface area contributed by atoms with Gasteiger partial charge < -0.3 is 20.3 Å². The van der Waals surface area contributed by atoms with Crippen LogP contribution in [0.15, 0.2) is 12.1 Å². The highest BCUT2D eigenvalue weighted by Gasteiger charge is 2.40. The number of carbonyl (C=O) groups is 2. The minimum Gasteiger partial charge on any atom is -0.444 e. The molecule has 2 N–H and O–H groups in total. The summed E-state index contributed by atoms with van der Waals surface area (Å²) in [5.41, 5.74) is -0.881. The van der Waals surface area contributed by atoms with E-state index < -0.39 is 35.2 Å². The molecule has 1 unspecified atom stereocenters. The van der Waals surface area contributed by atoms with Crippen molar-refractivity contribution < 1.29 is 27.5 Å². The first-order chi connectivity index (χ1) is 14.0. The fraction of sp³-hybridized carbons (Fsp3) is 0.619. The van der Waals surface area contributed by atoms with Crippen molar-refractivity contribution >= 4 is 12.0 Å². The van der Waals surface area contributed by atoms with Gasteiger partial charge in [-0.3, -0.25) is 4.79 Å². The smallest absolute Gasteiger partial charge is 0.407 e. The standard InChI is InChI=1S/C21H28F3N3O3/c1-21(2,3)30-20(29)26-14(6-13-7-16(23)17(24)9-15(13)22)8-19(28)27-5-4-12-10-25-11-18(12)27/h7,9,12,14,18,25H,4-6,8,10-11H2,1-3H3,(H,26,29)/t12-,14+,18?/m0/s1. The Bertz CT molecular complexity index is 813. The number of hydrogen-bond acceptors (Lipinski definition) is 4. The first kappa shape index (κ1) is 22.4. The van der Waals surface area contributed by atoms with Crippen molar-refractivity contribution in [3.05, 3.63) is 35.1 Å². The second-order valence-corrected chi connectivity index (χ2v) is 8.97. The zero-order chi connectivity index (χ0) is 22.1. The van der Waals surface area contributed by atoms with Crippen molar-refractivity contribution in [1.29, 1.82) is 0 Å². The monoisotopic (exact) mass is 427 g/mol. The van der Waals surface area contributed by atoms with Crippen LogP contribution < -0.4 is 10.6 Å². The summed E-state index contributed by atoms with van der Waals surface area (Å²) in [6, 6.07) is 0.498. The molecular formula is C21H28F3N3O3. The number of rotatable bonds is 5. The van der Waals surface area contributed by atoms with Crippen LogP contribution in [0.1, 0.15) is 39.2 Å². The van der Waals surface area contributed by atoms with Gasteiger partial charge in [0.1, 0.15) is 11.4 Å². The van der Waals surface area contributed by atoms with Gasteiger partial charge in [-0.15, -0.1) is 0 Å². The van der Waals surface area contributed by atoms with Gasteiger partial charge in [-0.05, 0) is 51.2 Å². The van der Waals surface area contributed by atoms with Gasteiger partial charge in [0.2, 0.25) is 5.91 Å². The SMILES string of the molecule is CC(C)(C)OC(=O)N[C@@H](CC(=O)N1CC[C@H]2CNCC21)Cc1cc(F)c(F)cc1F. The highest BCUT2D eigenvalue weighted by atomic mass is 19.2. The number of benzene rings is 1. The van der Waals surface area contributed by atoms with Crippen LogP contribution in [0.25, 0.3) is 0 Å². The van der Waals surface area contributed by atoms with Gasteiger partial charge in [-0.25, -0.2) is 18.0 Å². The van der Waals surface area contributed by atoms with E-state index in [-0.39, 0.29) is 30.4 Å². The molecule has 1 aromatic rings. The van der Waals surface area contributed by atoms with Crippen LogP contribution in [-0.4, -0.2) is 54.2 Å². The van der Waals surface area contributed by atoms with E-state index in [4.69, 9.17) is 4.74 Å². The van der Waals surface area contributed by atoms with Gasteiger partial charge in [0, 0.05) is 44.2 Å². The van der Waals surface area contributed by atoms with Gasteiger partial charge in [0.15, 0.2) is 11.6 Å². The summed E-state index contributed by atoms with van der Waals surface area (Å²) in [5.74, 6) is -3.17. The van der Waals surface area contributed by atoms with E-state index in [1.165, 1.54) is 0 Å². The summed E-state index contributed by atoms with van der Waals surface area (Å²) < 4.78 is 46.3. The molecule has 2 heterocycles. The van der Waals surface area contributed by atoms with Crippen LogP contribution in [0.4, 0.5) is 18.0 Å². The lowest BCUT2D eigenvalue weighted by Gasteiger charge is -2.27. The maximum Gasteiger partial charge on any atom is 0.407 e. The number of hydrogen-bond donors (Lipinski definition) is 2. The summed E-state index contributed by atoms with van der Waals surface area (Å²) in [7, 11) is 0. The summed E-state index contributed by atoms with van der Waals surface area (Å²) in [5, 5.41) is 5.86. The van der Waals surface area contributed by atoms with E-state index in [0.717, 1.165) is 25.6 Å². The second kappa shape index (κ2) is 8.83. The lowest BCUT2D eigenvalue weighted by atomic mass is 10.0. The van der Waals surface area contributed by atoms with Gasteiger partial charge in [0.25, 0.3) is 0 Å². The number of nitrogens with one attached hydrogen (secondary N) is 2. The molecule has 166 valence electrons. The molecule has 9 heteroatoms. The summed E-state index contributed by atoms with van der Waals surface area (Å²) in [6.45, 7) is 7.30. The van der Waals surface area contributed by atoms with E-state index in [1.54, 1.807) is 25.7 Å². The van der Waals surface area contributed by atoms with Crippen molar-refractivity contribution in [3.8, 4) is 0 Å². The molecule has 3 rings (SSSR count). The predicted octanol–water partition coefficient (Wildman–Crippen LogP) is 2.75. The van der Waals surface area contributed by atoms with Crippen LogP contribution in [-0.2, 0) is 16.0 Å². The van der Waals surface area contributed by atoms with E-state index >= 15 is 0 Å². The number of carbonyl (C=O) groups excluding carboxylic acids is 2. The highest BCUT2D eigenvalue weighted by molar-refractivity contribution is 5.78. The molecule has 3 atom stereocenters. The minimum atomic E-state index is -1.29. The topological polar surface area (TPSA) is 70.7 Å².